The Bertz CT molecular complexity index is 609. The van der Waals surface area contributed by atoms with Gasteiger partial charge in [-0.15, -0.1) is 10.2 Å². The molecule has 0 spiro atoms. The summed E-state index contributed by atoms with van der Waals surface area (Å²) in [6.45, 7) is 1.72. The minimum atomic E-state index is -4.57. The van der Waals surface area contributed by atoms with Gasteiger partial charge in [-0.3, -0.25) is 0 Å². The zero-order chi connectivity index (χ0) is 14.9. The summed E-state index contributed by atoms with van der Waals surface area (Å²) in [5, 5.41) is 10.1. The van der Waals surface area contributed by atoms with Crippen molar-refractivity contribution in [2.75, 3.05) is 7.05 Å². The van der Waals surface area contributed by atoms with Gasteiger partial charge < -0.3 is 9.73 Å². The molecule has 1 unspecified atom stereocenters. The van der Waals surface area contributed by atoms with E-state index in [1.807, 2.05) is 0 Å². The monoisotopic (exact) mass is 289 g/mol. The topological polar surface area (TPSA) is 51.0 Å². The molecule has 0 saturated heterocycles. The van der Waals surface area contributed by atoms with Crippen LogP contribution in [-0.4, -0.2) is 17.2 Å². The number of hydrogen-bond acceptors (Lipinski definition) is 4. The molecule has 0 aliphatic rings. The Morgan fingerprint density at radius 1 is 1.25 bits per heavy atom. The second-order valence-corrected chi connectivity index (χ2v) is 4.15. The fourth-order valence-electron chi connectivity index (χ4n) is 1.51. The molecule has 8 heteroatoms. The molecule has 108 valence electrons. The van der Waals surface area contributed by atoms with Gasteiger partial charge in [0.1, 0.15) is 5.82 Å². The lowest BCUT2D eigenvalue weighted by molar-refractivity contribution is -0.137. The Labute approximate surface area is 111 Å². The van der Waals surface area contributed by atoms with Crippen LogP contribution in [0.4, 0.5) is 17.6 Å². The van der Waals surface area contributed by atoms with E-state index in [9.17, 15) is 17.6 Å². The van der Waals surface area contributed by atoms with E-state index >= 15 is 0 Å². The third-order valence-electron chi connectivity index (χ3n) is 2.77. The molecular weight excluding hydrogens is 278 g/mol. The van der Waals surface area contributed by atoms with Crippen molar-refractivity contribution in [1.82, 2.24) is 15.5 Å². The Kier molecular flexibility index (Phi) is 3.76. The van der Waals surface area contributed by atoms with E-state index < -0.39 is 17.6 Å². The Morgan fingerprint density at radius 3 is 2.55 bits per heavy atom. The molecule has 0 aliphatic carbocycles. The fourth-order valence-corrected chi connectivity index (χ4v) is 1.51. The molecule has 2 aromatic rings. The maximum atomic E-state index is 13.6. The molecule has 2 rings (SSSR count). The van der Waals surface area contributed by atoms with Crippen LogP contribution in [0.5, 0.6) is 0 Å². The average molecular weight is 289 g/mol. The molecule has 1 heterocycles. The molecular formula is C12H11F4N3O. The van der Waals surface area contributed by atoms with Crippen molar-refractivity contribution in [1.29, 1.82) is 0 Å². The summed E-state index contributed by atoms with van der Waals surface area (Å²) in [5.41, 5.74) is -1.35. The molecule has 0 saturated carbocycles. The van der Waals surface area contributed by atoms with Crippen LogP contribution in [-0.2, 0) is 6.18 Å². The maximum Gasteiger partial charge on any atom is 0.416 e. The summed E-state index contributed by atoms with van der Waals surface area (Å²) < 4.78 is 56.6. The van der Waals surface area contributed by atoms with Gasteiger partial charge in [-0.25, -0.2) is 4.39 Å². The van der Waals surface area contributed by atoms with Gasteiger partial charge in [0.15, 0.2) is 0 Å². The number of aromatic nitrogens is 2. The van der Waals surface area contributed by atoms with E-state index in [1.54, 1.807) is 14.0 Å². The average Bonchev–Trinajstić information content (AvgIpc) is 2.86. The first-order chi connectivity index (χ1) is 9.32. The number of benzene rings is 1. The van der Waals surface area contributed by atoms with Gasteiger partial charge in [-0.05, 0) is 32.2 Å². The largest absolute Gasteiger partial charge is 0.419 e. The normalized spacial score (nSPS) is 13.5. The lowest BCUT2D eigenvalue weighted by atomic mass is 10.1. The molecule has 1 aromatic carbocycles. The molecule has 0 bridgehead atoms. The predicted molar refractivity (Wildman–Crippen MR) is 62.2 cm³/mol. The van der Waals surface area contributed by atoms with Crippen LogP contribution in [0.15, 0.2) is 22.6 Å². The minimum Gasteiger partial charge on any atom is -0.419 e. The molecule has 4 nitrogen and oxygen atoms in total. The third kappa shape index (κ3) is 2.79. The molecule has 1 atom stereocenters. The van der Waals surface area contributed by atoms with E-state index in [0.717, 1.165) is 6.07 Å². The van der Waals surface area contributed by atoms with Gasteiger partial charge in [0, 0.05) is 0 Å². The minimum absolute atomic E-state index is 0.166. The van der Waals surface area contributed by atoms with E-state index in [0.29, 0.717) is 12.1 Å². The highest BCUT2D eigenvalue weighted by Crippen LogP contribution is 2.33. The number of alkyl halides is 3. The number of halogens is 4. The highest BCUT2D eigenvalue weighted by molar-refractivity contribution is 5.55. The van der Waals surface area contributed by atoms with Crippen molar-refractivity contribution in [3.05, 3.63) is 35.5 Å². The second kappa shape index (κ2) is 5.20. The van der Waals surface area contributed by atoms with Crippen LogP contribution in [0.3, 0.4) is 0 Å². The van der Waals surface area contributed by atoms with Gasteiger partial charge in [0.25, 0.3) is 5.89 Å². The number of nitrogens with one attached hydrogen (secondary N) is 1. The Hall–Kier alpha value is -1.96. The van der Waals surface area contributed by atoms with Crippen LogP contribution in [0, 0.1) is 5.82 Å². The number of nitrogens with zero attached hydrogens (tertiary/aromatic N) is 2. The smallest absolute Gasteiger partial charge is 0.416 e. The van der Waals surface area contributed by atoms with Crippen molar-refractivity contribution in [3.63, 3.8) is 0 Å². The van der Waals surface area contributed by atoms with Crippen LogP contribution < -0.4 is 5.32 Å². The van der Waals surface area contributed by atoms with E-state index in [4.69, 9.17) is 4.42 Å². The first kappa shape index (κ1) is 14.4. The van der Waals surface area contributed by atoms with Crippen LogP contribution in [0.25, 0.3) is 11.5 Å². The summed E-state index contributed by atoms with van der Waals surface area (Å²) in [5.74, 6) is -0.977. The van der Waals surface area contributed by atoms with Crippen molar-refractivity contribution in [3.8, 4) is 11.5 Å². The molecule has 1 N–H and O–H groups in total. The van der Waals surface area contributed by atoms with Gasteiger partial charge in [0.2, 0.25) is 5.89 Å². The summed E-state index contributed by atoms with van der Waals surface area (Å²) in [6.07, 6.45) is -4.57. The highest BCUT2D eigenvalue weighted by atomic mass is 19.4. The van der Waals surface area contributed by atoms with Crippen molar-refractivity contribution < 1.29 is 22.0 Å². The Balaban J connectivity index is 2.44. The quantitative estimate of drug-likeness (QED) is 0.882. The lowest BCUT2D eigenvalue weighted by Crippen LogP contribution is -2.12. The van der Waals surface area contributed by atoms with E-state index in [2.05, 4.69) is 15.5 Å². The number of rotatable bonds is 3. The molecule has 20 heavy (non-hydrogen) atoms. The SMILES string of the molecule is CNC(C)c1nnc(-c2cc(C(F)(F)F)ccc2F)o1. The second-order valence-electron chi connectivity index (χ2n) is 4.15. The first-order valence-electron chi connectivity index (χ1n) is 5.70. The number of hydrogen-bond donors (Lipinski definition) is 1. The molecule has 0 fully saturated rings. The van der Waals surface area contributed by atoms with Crippen LogP contribution in [0.2, 0.25) is 0 Å². The van der Waals surface area contributed by atoms with Gasteiger partial charge in [-0.1, -0.05) is 0 Å². The first-order valence-corrected chi connectivity index (χ1v) is 5.70. The molecule has 0 radical (unpaired) electrons. The molecule has 1 aromatic heterocycles. The summed E-state index contributed by atoms with van der Waals surface area (Å²) in [6, 6.07) is 1.75. The summed E-state index contributed by atoms with van der Waals surface area (Å²) >= 11 is 0. The third-order valence-corrected chi connectivity index (χ3v) is 2.77. The van der Waals surface area contributed by atoms with Crippen molar-refractivity contribution in [2.45, 2.75) is 19.1 Å². The van der Waals surface area contributed by atoms with E-state index in [1.165, 1.54) is 0 Å². The van der Waals surface area contributed by atoms with Gasteiger partial charge >= 0.3 is 6.18 Å². The fraction of sp³-hybridized carbons (Fsp3) is 0.333. The standard InChI is InChI=1S/C12H11F4N3O/c1-6(17-2)10-18-19-11(20-10)8-5-7(12(14,15)16)3-4-9(8)13/h3-6,17H,1-2H3. The van der Waals surface area contributed by atoms with Crippen molar-refractivity contribution in [2.24, 2.45) is 0 Å². The Morgan fingerprint density at radius 2 is 1.95 bits per heavy atom. The van der Waals surface area contributed by atoms with Crippen molar-refractivity contribution >= 4 is 0 Å². The van der Waals surface area contributed by atoms with Crippen LogP contribution >= 0.6 is 0 Å². The lowest BCUT2D eigenvalue weighted by Gasteiger charge is -2.07. The maximum absolute atomic E-state index is 13.6. The van der Waals surface area contributed by atoms with Gasteiger partial charge in [-0.2, -0.15) is 13.2 Å². The zero-order valence-electron chi connectivity index (χ0n) is 10.6. The zero-order valence-corrected chi connectivity index (χ0v) is 10.6. The van der Waals surface area contributed by atoms with E-state index in [-0.39, 0.29) is 23.4 Å². The van der Waals surface area contributed by atoms with Crippen LogP contribution in [0.1, 0.15) is 24.4 Å². The summed E-state index contributed by atoms with van der Waals surface area (Å²) in [7, 11) is 1.65. The summed E-state index contributed by atoms with van der Waals surface area (Å²) in [4.78, 5) is 0. The molecule has 0 aliphatic heterocycles. The molecule has 0 amide bonds. The predicted octanol–water partition coefficient (Wildman–Crippen LogP) is 3.17. The van der Waals surface area contributed by atoms with Gasteiger partial charge in [0.05, 0.1) is 17.2 Å². The highest BCUT2D eigenvalue weighted by Gasteiger charge is 2.32.